The highest BCUT2D eigenvalue weighted by Crippen LogP contribution is 2.36. The van der Waals surface area contributed by atoms with Crippen molar-refractivity contribution in [1.29, 1.82) is 0 Å². The zero-order chi connectivity index (χ0) is 15.6. The SMILES string of the molecule is CCC(N)C(c1sccc1C)N1CC=C(C(C)(C)C)CC1. The zero-order valence-electron chi connectivity index (χ0n) is 14.1. The first-order valence-corrected chi connectivity index (χ1v) is 8.95. The van der Waals surface area contributed by atoms with Crippen molar-refractivity contribution in [3.8, 4) is 0 Å². The van der Waals surface area contributed by atoms with Crippen LogP contribution in [0.4, 0.5) is 0 Å². The molecule has 2 atom stereocenters. The summed E-state index contributed by atoms with van der Waals surface area (Å²) >= 11 is 1.86. The Morgan fingerprint density at radius 2 is 2.10 bits per heavy atom. The third kappa shape index (κ3) is 3.77. The smallest absolute Gasteiger partial charge is 0.0598 e. The molecule has 0 saturated carbocycles. The molecule has 118 valence electrons. The van der Waals surface area contributed by atoms with Gasteiger partial charge in [0.05, 0.1) is 6.04 Å². The molecule has 2 N–H and O–H groups in total. The molecule has 1 aliphatic heterocycles. The lowest BCUT2D eigenvalue weighted by Gasteiger charge is -2.39. The lowest BCUT2D eigenvalue weighted by atomic mass is 9.82. The predicted octanol–water partition coefficient (Wildman–Crippen LogP) is 4.51. The molecule has 1 aromatic rings. The Kier molecular flexibility index (Phi) is 5.29. The second-order valence-electron chi connectivity index (χ2n) is 7.21. The highest BCUT2D eigenvalue weighted by Gasteiger charge is 2.30. The van der Waals surface area contributed by atoms with Crippen molar-refractivity contribution in [1.82, 2.24) is 4.90 Å². The van der Waals surface area contributed by atoms with E-state index in [1.807, 2.05) is 11.3 Å². The number of hydrogen-bond acceptors (Lipinski definition) is 3. The molecule has 2 heterocycles. The zero-order valence-corrected chi connectivity index (χ0v) is 15.0. The topological polar surface area (TPSA) is 29.3 Å². The minimum atomic E-state index is 0.215. The van der Waals surface area contributed by atoms with Gasteiger partial charge in [0.25, 0.3) is 0 Å². The van der Waals surface area contributed by atoms with E-state index in [2.05, 4.69) is 57.0 Å². The highest BCUT2D eigenvalue weighted by molar-refractivity contribution is 7.10. The molecule has 1 aliphatic rings. The number of aryl methyl sites for hydroxylation is 1. The molecule has 21 heavy (non-hydrogen) atoms. The molecule has 0 saturated heterocycles. The maximum absolute atomic E-state index is 6.47. The summed E-state index contributed by atoms with van der Waals surface area (Å²) in [5.74, 6) is 0. The molecule has 1 aromatic heterocycles. The van der Waals surface area contributed by atoms with E-state index < -0.39 is 0 Å². The van der Waals surface area contributed by atoms with Gasteiger partial charge in [0.1, 0.15) is 0 Å². The number of hydrogen-bond donors (Lipinski definition) is 1. The molecule has 2 nitrogen and oxygen atoms in total. The molecule has 0 aliphatic carbocycles. The van der Waals surface area contributed by atoms with Gasteiger partial charge in [0.15, 0.2) is 0 Å². The van der Waals surface area contributed by atoms with Gasteiger partial charge >= 0.3 is 0 Å². The highest BCUT2D eigenvalue weighted by atomic mass is 32.1. The van der Waals surface area contributed by atoms with Crippen LogP contribution >= 0.6 is 11.3 Å². The first kappa shape index (κ1) is 16.7. The minimum absolute atomic E-state index is 0.215. The number of thiophene rings is 1. The van der Waals surface area contributed by atoms with Crippen LogP contribution in [0.3, 0.4) is 0 Å². The van der Waals surface area contributed by atoms with Gasteiger partial charge in [0.2, 0.25) is 0 Å². The molecule has 2 unspecified atom stereocenters. The van der Waals surface area contributed by atoms with Gasteiger partial charge in [-0.1, -0.05) is 39.3 Å². The fourth-order valence-corrected chi connectivity index (χ4v) is 4.30. The average Bonchev–Trinajstić information content (AvgIpc) is 2.85. The Labute approximate surface area is 134 Å². The van der Waals surface area contributed by atoms with E-state index in [9.17, 15) is 0 Å². The Bertz CT molecular complexity index is 496. The molecule has 0 aromatic carbocycles. The molecule has 3 heteroatoms. The minimum Gasteiger partial charge on any atom is -0.326 e. The first-order valence-electron chi connectivity index (χ1n) is 8.07. The Hall–Kier alpha value is -0.640. The van der Waals surface area contributed by atoms with Crippen LogP contribution in [0, 0.1) is 12.3 Å². The van der Waals surface area contributed by atoms with Crippen LogP contribution in [0.25, 0.3) is 0 Å². The van der Waals surface area contributed by atoms with Gasteiger partial charge in [0, 0.05) is 24.0 Å². The first-order chi connectivity index (χ1) is 9.84. The maximum Gasteiger partial charge on any atom is 0.0598 e. The normalized spacial score (nSPS) is 20.2. The number of nitrogens with two attached hydrogens (primary N) is 1. The Morgan fingerprint density at radius 3 is 2.52 bits per heavy atom. The monoisotopic (exact) mass is 306 g/mol. The third-order valence-corrected chi connectivity index (χ3v) is 5.73. The van der Waals surface area contributed by atoms with Crippen LogP contribution in [-0.4, -0.2) is 24.0 Å². The summed E-state index contributed by atoms with van der Waals surface area (Å²) in [6, 6.07) is 2.80. The van der Waals surface area contributed by atoms with E-state index in [0.29, 0.717) is 11.5 Å². The van der Waals surface area contributed by atoms with Crippen molar-refractivity contribution >= 4 is 11.3 Å². The lowest BCUT2D eigenvalue weighted by molar-refractivity contribution is 0.178. The molecule has 0 amide bonds. The molecule has 0 bridgehead atoms. The third-order valence-electron chi connectivity index (χ3n) is 4.64. The summed E-state index contributed by atoms with van der Waals surface area (Å²) in [5.41, 5.74) is 9.75. The summed E-state index contributed by atoms with van der Waals surface area (Å²) in [7, 11) is 0. The molecule has 0 spiro atoms. The van der Waals surface area contributed by atoms with E-state index in [1.165, 1.54) is 16.9 Å². The van der Waals surface area contributed by atoms with Crippen LogP contribution in [0.2, 0.25) is 0 Å². The molecule has 0 fully saturated rings. The maximum atomic E-state index is 6.47. The summed E-state index contributed by atoms with van der Waals surface area (Å²) in [5, 5.41) is 2.19. The van der Waals surface area contributed by atoms with Crippen molar-refractivity contribution in [3.05, 3.63) is 33.5 Å². The largest absolute Gasteiger partial charge is 0.326 e. The van der Waals surface area contributed by atoms with Crippen molar-refractivity contribution in [2.45, 2.75) is 59.5 Å². The fraction of sp³-hybridized carbons (Fsp3) is 0.667. The van der Waals surface area contributed by atoms with Crippen molar-refractivity contribution in [2.75, 3.05) is 13.1 Å². The van der Waals surface area contributed by atoms with E-state index in [4.69, 9.17) is 5.73 Å². The molecular formula is C18H30N2S. The summed E-state index contributed by atoms with van der Waals surface area (Å²) in [6.07, 6.45) is 4.62. The van der Waals surface area contributed by atoms with Gasteiger partial charge < -0.3 is 5.73 Å². The predicted molar refractivity (Wildman–Crippen MR) is 93.8 cm³/mol. The van der Waals surface area contributed by atoms with Crippen molar-refractivity contribution in [3.63, 3.8) is 0 Å². The number of nitrogens with zero attached hydrogens (tertiary/aromatic N) is 1. The van der Waals surface area contributed by atoms with Gasteiger partial charge in [-0.3, -0.25) is 4.90 Å². The van der Waals surface area contributed by atoms with Gasteiger partial charge in [-0.25, -0.2) is 0 Å². The standard InChI is InChI=1S/C18H30N2S/c1-6-15(19)16(17-13(2)9-12-21-17)20-10-7-14(8-11-20)18(3,4)5/h7,9,12,15-16H,6,8,10-11,19H2,1-5H3. The molecular weight excluding hydrogens is 276 g/mol. The van der Waals surface area contributed by atoms with Gasteiger partial charge in [-0.2, -0.15) is 0 Å². The van der Waals surface area contributed by atoms with Crippen LogP contribution < -0.4 is 5.73 Å². The Morgan fingerprint density at radius 1 is 1.38 bits per heavy atom. The van der Waals surface area contributed by atoms with Crippen LogP contribution in [0.1, 0.15) is 57.0 Å². The van der Waals surface area contributed by atoms with E-state index in [0.717, 1.165) is 19.5 Å². The number of rotatable bonds is 4. The van der Waals surface area contributed by atoms with E-state index in [-0.39, 0.29) is 6.04 Å². The van der Waals surface area contributed by atoms with Crippen LogP contribution in [-0.2, 0) is 0 Å². The van der Waals surface area contributed by atoms with E-state index >= 15 is 0 Å². The molecule has 2 rings (SSSR count). The quantitative estimate of drug-likeness (QED) is 0.829. The lowest BCUT2D eigenvalue weighted by Crippen LogP contribution is -2.43. The van der Waals surface area contributed by atoms with Crippen molar-refractivity contribution in [2.24, 2.45) is 11.1 Å². The summed E-state index contributed by atoms with van der Waals surface area (Å²) < 4.78 is 0. The average molecular weight is 307 g/mol. The van der Waals surface area contributed by atoms with Gasteiger partial charge in [-0.05, 0) is 42.2 Å². The van der Waals surface area contributed by atoms with Gasteiger partial charge in [-0.15, -0.1) is 11.3 Å². The van der Waals surface area contributed by atoms with Crippen LogP contribution in [0.5, 0.6) is 0 Å². The van der Waals surface area contributed by atoms with Crippen molar-refractivity contribution < 1.29 is 0 Å². The summed E-state index contributed by atoms with van der Waals surface area (Å²) in [6.45, 7) is 13.5. The second-order valence-corrected chi connectivity index (χ2v) is 8.16. The summed E-state index contributed by atoms with van der Waals surface area (Å²) in [4.78, 5) is 4.03. The fourth-order valence-electron chi connectivity index (χ4n) is 3.16. The van der Waals surface area contributed by atoms with Crippen LogP contribution in [0.15, 0.2) is 23.1 Å². The Balaban J connectivity index is 2.21. The van der Waals surface area contributed by atoms with E-state index in [1.54, 1.807) is 5.57 Å². The molecule has 0 radical (unpaired) electrons. The second kappa shape index (κ2) is 6.64.